The van der Waals surface area contributed by atoms with Crippen molar-refractivity contribution < 1.29 is 0 Å². The Balaban J connectivity index is 3.05. The second-order valence-corrected chi connectivity index (χ2v) is 4.06. The summed E-state index contributed by atoms with van der Waals surface area (Å²) in [5, 5.41) is 14.8. The predicted molar refractivity (Wildman–Crippen MR) is 62.0 cm³/mol. The first-order valence-electron chi connectivity index (χ1n) is 5.09. The van der Waals surface area contributed by atoms with E-state index in [-0.39, 0.29) is 5.92 Å². The summed E-state index contributed by atoms with van der Waals surface area (Å²) in [6, 6.07) is 0. The van der Waals surface area contributed by atoms with Crippen LogP contribution >= 0.6 is 0 Å². The lowest BCUT2D eigenvalue weighted by Gasteiger charge is -2.09. The molecule has 1 aromatic rings. The average Bonchev–Trinajstić information content (AvgIpc) is 2.61. The summed E-state index contributed by atoms with van der Waals surface area (Å²) in [7, 11) is 0. The molecule has 0 fully saturated rings. The molecule has 0 radical (unpaired) electrons. The molecule has 0 saturated carbocycles. The van der Waals surface area contributed by atoms with Crippen LogP contribution in [-0.4, -0.2) is 20.9 Å². The summed E-state index contributed by atoms with van der Waals surface area (Å²) in [5.41, 5.74) is 2.58. The lowest BCUT2D eigenvalue weighted by Crippen LogP contribution is -2.08. The SMILES string of the molecule is C/C(C(=N)C(C)C)=C(\C)c1n[nH]c(C)n1. The molecule has 0 aromatic carbocycles. The van der Waals surface area contributed by atoms with Crippen molar-refractivity contribution in [3.63, 3.8) is 0 Å². The van der Waals surface area contributed by atoms with E-state index in [2.05, 4.69) is 15.2 Å². The maximum Gasteiger partial charge on any atom is 0.177 e. The summed E-state index contributed by atoms with van der Waals surface area (Å²) < 4.78 is 0. The summed E-state index contributed by atoms with van der Waals surface area (Å²) in [5.74, 6) is 1.73. The molecule has 0 spiro atoms. The van der Waals surface area contributed by atoms with E-state index in [1.165, 1.54) is 0 Å². The third-order valence-electron chi connectivity index (χ3n) is 2.48. The fourth-order valence-electron chi connectivity index (χ4n) is 1.31. The molecule has 4 nitrogen and oxygen atoms in total. The van der Waals surface area contributed by atoms with Gasteiger partial charge in [0.15, 0.2) is 5.82 Å². The second kappa shape index (κ2) is 4.38. The molecule has 1 heterocycles. The van der Waals surface area contributed by atoms with Crippen LogP contribution in [0.25, 0.3) is 5.57 Å². The smallest absolute Gasteiger partial charge is 0.177 e. The Bertz CT molecular complexity index is 398. The first-order valence-corrected chi connectivity index (χ1v) is 5.09. The minimum absolute atomic E-state index is 0.236. The minimum atomic E-state index is 0.236. The Kier molecular flexibility index (Phi) is 3.39. The van der Waals surface area contributed by atoms with Crippen LogP contribution in [0.1, 0.15) is 39.3 Å². The Morgan fingerprint density at radius 2 is 1.93 bits per heavy atom. The molecule has 0 amide bonds. The Morgan fingerprint density at radius 1 is 1.33 bits per heavy atom. The number of nitrogens with zero attached hydrogens (tertiary/aromatic N) is 2. The van der Waals surface area contributed by atoms with Crippen molar-refractivity contribution in [3.8, 4) is 0 Å². The lowest BCUT2D eigenvalue weighted by atomic mass is 9.97. The highest BCUT2D eigenvalue weighted by molar-refractivity contribution is 6.04. The first-order chi connectivity index (χ1) is 6.93. The van der Waals surface area contributed by atoms with E-state index in [0.717, 1.165) is 17.0 Å². The van der Waals surface area contributed by atoms with Crippen LogP contribution in [0.5, 0.6) is 0 Å². The van der Waals surface area contributed by atoms with Crippen molar-refractivity contribution in [3.05, 3.63) is 17.2 Å². The number of aromatic amines is 1. The average molecular weight is 206 g/mol. The van der Waals surface area contributed by atoms with Crippen LogP contribution in [0, 0.1) is 18.3 Å². The van der Waals surface area contributed by atoms with Crippen LogP contribution in [-0.2, 0) is 0 Å². The first kappa shape index (κ1) is 11.6. The molecule has 0 aliphatic heterocycles. The van der Waals surface area contributed by atoms with E-state index in [1.54, 1.807) is 0 Å². The van der Waals surface area contributed by atoms with Gasteiger partial charge in [-0.15, -0.1) is 0 Å². The molecule has 15 heavy (non-hydrogen) atoms. The zero-order valence-corrected chi connectivity index (χ0v) is 9.97. The third kappa shape index (κ3) is 2.52. The lowest BCUT2D eigenvalue weighted by molar-refractivity contribution is 0.874. The maximum absolute atomic E-state index is 7.91. The van der Waals surface area contributed by atoms with Gasteiger partial charge in [-0.1, -0.05) is 13.8 Å². The minimum Gasteiger partial charge on any atom is -0.305 e. The van der Waals surface area contributed by atoms with Gasteiger partial charge >= 0.3 is 0 Å². The van der Waals surface area contributed by atoms with E-state index >= 15 is 0 Å². The van der Waals surface area contributed by atoms with Crippen molar-refractivity contribution in [2.75, 3.05) is 0 Å². The van der Waals surface area contributed by atoms with Gasteiger partial charge in [0.2, 0.25) is 0 Å². The van der Waals surface area contributed by atoms with Crippen molar-refractivity contribution in [1.29, 1.82) is 5.41 Å². The Morgan fingerprint density at radius 3 is 2.33 bits per heavy atom. The van der Waals surface area contributed by atoms with E-state index in [0.29, 0.717) is 11.5 Å². The highest BCUT2D eigenvalue weighted by Crippen LogP contribution is 2.17. The molecule has 0 aliphatic carbocycles. The number of allylic oxidation sites excluding steroid dienone is 2. The third-order valence-corrected chi connectivity index (χ3v) is 2.48. The molecule has 4 heteroatoms. The number of hydrogen-bond acceptors (Lipinski definition) is 3. The molecule has 82 valence electrons. The second-order valence-electron chi connectivity index (χ2n) is 4.06. The van der Waals surface area contributed by atoms with Gasteiger partial charge < -0.3 is 5.41 Å². The number of aromatic nitrogens is 3. The fraction of sp³-hybridized carbons (Fsp3) is 0.545. The van der Waals surface area contributed by atoms with E-state index in [9.17, 15) is 0 Å². The van der Waals surface area contributed by atoms with Gasteiger partial charge in [-0.2, -0.15) is 5.10 Å². The zero-order valence-electron chi connectivity index (χ0n) is 9.97. The van der Waals surface area contributed by atoms with Crippen LogP contribution in [0.2, 0.25) is 0 Å². The van der Waals surface area contributed by atoms with Gasteiger partial charge in [-0.05, 0) is 32.3 Å². The number of rotatable bonds is 3. The molecular weight excluding hydrogens is 188 g/mol. The van der Waals surface area contributed by atoms with Crippen LogP contribution < -0.4 is 0 Å². The van der Waals surface area contributed by atoms with Crippen molar-refractivity contribution in [2.24, 2.45) is 5.92 Å². The molecule has 0 atom stereocenters. The highest BCUT2D eigenvalue weighted by atomic mass is 15.2. The Hall–Kier alpha value is -1.45. The maximum atomic E-state index is 7.91. The quantitative estimate of drug-likeness (QED) is 0.746. The molecule has 0 aliphatic rings. The standard InChI is InChI=1S/C11H18N4/c1-6(2)10(12)7(3)8(4)11-13-9(5)14-15-11/h6,12H,1-5H3,(H,13,14,15)/b8-7-,12-10?. The zero-order chi connectivity index (χ0) is 11.6. The highest BCUT2D eigenvalue weighted by Gasteiger charge is 2.11. The van der Waals surface area contributed by atoms with Crippen LogP contribution in [0.4, 0.5) is 0 Å². The van der Waals surface area contributed by atoms with Gasteiger partial charge in [0.25, 0.3) is 0 Å². The monoisotopic (exact) mass is 206 g/mol. The van der Waals surface area contributed by atoms with Crippen LogP contribution in [0.15, 0.2) is 5.57 Å². The topological polar surface area (TPSA) is 65.4 Å². The van der Waals surface area contributed by atoms with Crippen LogP contribution in [0.3, 0.4) is 0 Å². The number of H-pyrrole nitrogens is 1. The van der Waals surface area contributed by atoms with Crippen molar-refractivity contribution in [2.45, 2.75) is 34.6 Å². The van der Waals surface area contributed by atoms with Crippen molar-refractivity contribution in [1.82, 2.24) is 15.2 Å². The normalized spacial score (nSPS) is 12.9. The summed E-state index contributed by atoms with van der Waals surface area (Å²) in [4.78, 5) is 4.25. The van der Waals surface area contributed by atoms with Gasteiger partial charge in [-0.25, -0.2) is 4.98 Å². The molecule has 0 bridgehead atoms. The summed E-state index contributed by atoms with van der Waals surface area (Å²) >= 11 is 0. The number of hydrogen-bond donors (Lipinski definition) is 2. The predicted octanol–water partition coefficient (Wildman–Crippen LogP) is 2.58. The molecule has 1 rings (SSSR count). The number of aryl methyl sites for hydroxylation is 1. The summed E-state index contributed by atoms with van der Waals surface area (Å²) in [6.45, 7) is 9.80. The van der Waals surface area contributed by atoms with E-state index < -0.39 is 0 Å². The van der Waals surface area contributed by atoms with E-state index in [4.69, 9.17) is 5.41 Å². The number of nitrogens with one attached hydrogen (secondary N) is 2. The summed E-state index contributed by atoms with van der Waals surface area (Å²) in [6.07, 6.45) is 0. The fourth-order valence-corrected chi connectivity index (χ4v) is 1.31. The molecule has 0 unspecified atom stereocenters. The largest absolute Gasteiger partial charge is 0.305 e. The van der Waals surface area contributed by atoms with Gasteiger partial charge in [0.05, 0.1) is 0 Å². The molecule has 0 saturated heterocycles. The van der Waals surface area contributed by atoms with Crippen molar-refractivity contribution >= 4 is 11.3 Å². The van der Waals surface area contributed by atoms with E-state index in [1.807, 2.05) is 34.6 Å². The molecule has 2 N–H and O–H groups in total. The van der Waals surface area contributed by atoms with Gasteiger partial charge in [0.1, 0.15) is 5.82 Å². The Labute approximate surface area is 90.3 Å². The van der Waals surface area contributed by atoms with Gasteiger partial charge in [-0.3, -0.25) is 5.10 Å². The molecular formula is C11H18N4. The van der Waals surface area contributed by atoms with Gasteiger partial charge in [0, 0.05) is 11.3 Å². The molecule has 1 aromatic heterocycles.